The largest absolute Gasteiger partial charge is 0.393 e. The second-order valence-electron chi connectivity index (χ2n) is 5.50. The molecule has 2 fully saturated rings. The Kier molecular flexibility index (Phi) is 2.61. The smallest absolute Gasteiger partial charge is 0.0573 e. The van der Waals surface area contributed by atoms with Gasteiger partial charge in [-0.15, -0.1) is 0 Å². The molecule has 0 saturated heterocycles. The molecule has 0 bridgehead atoms. The maximum Gasteiger partial charge on any atom is 0.0573 e. The molecule has 2 rings (SSSR count). The normalized spacial score (nSPS) is 50.1. The predicted molar refractivity (Wildman–Crippen MR) is 55.9 cm³/mol. The second kappa shape index (κ2) is 3.49. The molecule has 82 valence electrons. The molecule has 2 saturated carbocycles. The first-order valence-corrected chi connectivity index (χ1v) is 5.92. The van der Waals surface area contributed by atoms with Crippen LogP contribution >= 0.6 is 0 Å². The molecule has 0 unspecified atom stereocenters. The van der Waals surface area contributed by atoms with Gasteiger partial charge in [-0.3, -0.25) is 0 Å². The average molecular weight is 198 g/mol. The van der Waals surface area contributed by atoms with Crippen molar-refractivity contribution in [1.29, 1.82) is 0 Å². The van der Waals surface area contributed by atoms with E-state index in [0.29, 0.717) is 11.8 Å². The van der Waals surface area contributed by atoms with Crippen LogP contribution in [-0.4, -0.2) is 22.4 Å². The summed E-state index contributed by atoms with van der Waals surface area (Å²) >= 11 is 0. The Bertz CT molecular complexity index is 206. The lowest BCUT2D eigenvalue weighted by Crippen LogP contribution is -2.42. The van der Waals surface area contributed by atoms with Gasteiger partial charge in [0, 0.05) is 0 Å². The summed E-state index contributed by atoms with van der Waals surface area (Å²) in [6.07, 6.45) is 5.14. The topological polar surface area (TPSA) is 40.5 Å². The molecule has 2 aliphatic carbocycles. The molecule has 2 heteroatoms. The van der Waals surface area contributed by atoms with Gasteiger partial charge in [0.05, 0.1) is 12.2 Å². The van der Waals surface area contributed by atoms with Gasteiger partial charge < -0.3 is 10.2 Å². The van der Waals surface area contributed by atoms with Crippen LogP contribution in [0.4, 0.5) is 0 Å². The molecule has 0 aliphatic heterocycles. The zero-order valence-corrected chi connectivity index (χ0v) is 9.24. The van der Waals surface area contributed by atoms with Crippen molar-refractivity contribution in [2.75, 3.05) is 0 Å². The summed E-state index contributed by atoms with van der Waals surface area (Å²) < 4.78 is 0. The van der Waals surface area contributed by atoms with E-state index in [-0.39, 0.29) is 17.6 Å². The molecule has 14 heavy (non-hydrogen) atoms. The van der Waals surface area contributed by atoms with Gasteiger partial charge in [-0.1, -0.05) is 13.3 Å². The number of aliphatic hydroxyl groups excluding tert-OH is 2. The number of hydrogen-bond acceptors (Lipinski definition) is 2. The van der Waals surface area contributed by atoms with Crippen molar-refractivity contribution < 1.29 is 10.2 Å². The Morgan fingerprint density at radius 3 is 2.64 bits per heavy atom. The van der Waals surface area contributed by atoms with Gasteiger partial charge in [-0.25, -0.2) is 0 Å². The first kappa shape index (κ1) is 10.4. The van der Waals surface area contributed by atoms with Gasteiger partial charge in [0.25, 0.3) is 0 Å². The third-order valence-corrected chi connectivity index (χ3v) is 4.74. The van der Waals surface area contributed by atoms with E-state index in [1.54, 1.807) is 0 Å². The SMILES string of the molecule is C[C@H](O)[C@H]1CC[C@H]2[C@@H](O)CCC[C@]12C. The van der Waals surface area contributed by atoms with Crippen LogP contribution in [0.15, 0.2) is 0 Å². The maximum absolute atomic E-state index is 9.96. The van der Waals surface area contributed by atoms with E-state index in [9.17, 15) is 10.2 Å². The van der Waals surface area contributed by atoms with Crippen molar-refractivity contribution in [3.8, 4) is 0 Å². The number of fused-ring (bicyclic) bond motifs is 1. The monoisotopic (exact) mass is 198 g/mol. The molecule has 0 aromatic heterocycles. The fourth-order valence-corrected chi connectivity index (χ4v) is 3.98. The Hall–Kier alpha value is -0.0800. The summed E-state index contributed by atoms with van der Waals surface area (Å²) in [6.45, 7) is 4.17. The molecule has 0 heterocycles. The van der Waals surface area contributed by atoms with E-state index < -0.39 is 0 Å². The van der Waals surface area contributed by atoms with Crippen molar-refractivity contribution in [2.24, 2.45) is 17.3 Å². The number of aliphatic hydroxyl groups is 2. The van der Waals surface area contributed by atoms with Crippen molar-refractivity contribution in [3.05, 3.63) is 0 Å². The maximum atomic E-state index is 9.96. The minimum absolute atomic E-state index is 0.113. The molecule has 2 nitrogen and oxygen atoms in total. The van der Waals surface area contributed by atoms with Gasteiger partial charge in [0.15, 0.2) is 0 Å². The average Bonchev–Trinajstić information content (AvgIpc) is 2.43. The molecular formula is C12H22O2. The van der Waals surface area contributed by atoms with E-state index in [1.165, 1.54) is 6.42 Å². The molecule has 0 radical (unpaired) electrons. The molecule has 0 aromatic carbocycles. The van der Waals surface area contributed by atoms with E-state index in [4.69, 9.17) is 0 Å². The molecule has 2 aliphatic rings. The lowest BCUT2D eigenvalue weighted by molar-refractivity contribution is -0.0435. The molecule has 0 spiro atoms. The number of hydrogen-bond donors (Lipinski definition) is 2. The van der Waals surface area contributed by atoms with Crippen LogP contribution < -0.4 is 0 Å². The summed E-state index contributed by atoms with van der Waals surface area (Å²) in [5.41, 5.74) is 0.200. The third-order valence-electron chi connectivity index (χ3n) is 4.74. The van der Waals surface area contributed by atoms with Crippen LogP contribution in [0.25, 0.3) is 0 Å². The summed E-state index contributed by atoms with van der Waals surface area (Å²) in [6, 6.07) is 0. The van der Waals surface area contributed by atoms with Crippen molar-refractivity contribution in [3.63, 3.8) is 0 Å². The van der Waals surface area contributed by atoms with Gasteiger partial charge >= 0.3 is 0 Å². The zero-order chi connectivity index (χ0) is 10.3. The van der Waals surface area contributed by atoms with E-state index in [1.807, 2.05) is 6.92 Å². The van der Waals surface area contributed by atoms with Crippen LogP contribution in [0.1, 0.15) is 46.0 Å². The summed E-state index contributed by atoms with van der Waals surface area (Å²) in [5.74, 6) is 0.846. The van der Waals surface area contributed by atoms with E-state index in [0.717, 1.165) is 25.7 Å². The Labute approximate surface area is 86.3 Å². The van der Waals surface area contributed by atoms with Gasteiger partial charge in [0.2, 0.25) is 0 Å². The Balaban J connectivity index is 2.20. The fraction of sp³-hybridized carbons (Fsp3) is 1.00. The highest BCUT2D eigenvalue weighted by atomic mass is 16.3. The summed E-state index contributed by atoms with van der Waals surface area (Å²) in [4.78, 5) is 0. The Morgan fingerprint density at radius 2 is 2.00 bits per heavy atom. The molecule has 5 atom stereocenters. The van der Waals surface area contributed by atoms with Crippen LogP contribution in [-0.2, 0) is 0 Å². The van der Waals surface area contributed by atoms with Gasteiger partial charge in [0.1, 0.15) is 0 Å². The highest BCUT2D eigenvalue weighted by Crippen LogP contribution is 2.56. The van der Waals surface area contributed by atoms with Crippen molar-refractivity contribution in [1.82, 2.24) is 0 Å². The molecular weight excluding hydrogens is 176 g/mol. The van der Waals surface area contributed by atoms with Crippen molar-refractivity contribution in [2.45, 2.75) is 58.2 Å². The Morgan fingerprint density at radius 1 is 1.29 bits per heavy atom. The predicted octanol–water partition coefficient (Wildman–Crippen LogP) is 1.94. The standard InChI is InChI=1S/C12H22O2/c1-8(13)9-5-6-10-11(14)4-3-7-12(9,10)2/h8-11,13-14H,3-7H2,1-2H3/t8-,9+,10-,11-,12+/m0/s1. The van der Waals surface area contributed by atoms with E-state index >= 15 is 0 Å². The second-order valence-corrected chi connectivity index (χ2v) is 5.50. The minimum atomic E-state index is -0.213. The summed E-state index contributed by atoms with van der Waals surface area (Å²) in [7, 11) is 0. The zero-order valence-electron chi connectivity index (χ0n) is 9.24. The van der Waals surface area contributed by atoms with Crippen LogP contribution in [0.3, 0.4) is 0 Å². The molecule has 2 N–H and O–H groups in total. The highest BCUT2D eigenvalue weighted by Gasteiger charge is 2.52. The quantitative estimate of drug-likeness (QED) is 0.676. The fourth-order valence-electron chi connectivity index (χ4n) is 3.98. The van der Waals surface area contributed by atoms with Gasteiger partial charge in [-0.05, 0) is 49.9 Å². The third kappa shape index (κ3) is 1.40. The first-order valence-electron chi connectivity index (χ1n) is 5.92. The van der Waals surface area contributed by atoms with Crippen LogP contribution in [0, 0.1) is 17.3 Å². The minimum Gasteiger partial charge on any atom is -0.393 e. The van der Waals surface area contributed by atoms with Crippen LogP contribution in [0.5, 0.6) is 0 Å². The van der Waals surface area contributed by atoms with E-state index in [2.05, 4.69) is 6.92 Å². The lowest BCUT2D eigenvalue weighted by Gasteiger charge is -2.44. The molecule has 0 aromatic rings. The summed E-state index contributed by atoms with van der Waals surface area (Å²) in [5, 5.41) is 19.7. The molecule has 0 amide bonds. The van der Waals surface area contributed by atoms with Gasteiger partial charge in [-0.2, -0.15) is 0 Å². The number of rotatable bonds is 1. The highest BCUT2D eigenvalue weighted by molar-refractivity contribution is 5.01. The van der Waals surface area contributed by atoms with Crippen LogP contribution in [0.2, 0.25) is 0 Å². The van der Waals surface area contributed by atoms with Crippen molar-refractivity contribution >= 4 is 0 Å². The lowest BCUT2D eigenvalue weighted by atomic mass is 9.63. The first-order chi connectivity index (χ1) is 6.55.